The van der Waals surface area contributed by atoms with Crippen LogP contribution in [0.25, 0.3) is 22.2 Å². The lowest BCUT2D eigenvalue weighted by Gasteiger charge is -2.13. The van der Waals surface area contributed by atoms with Gasteiger partial charge in [-0.2, -0.15) is 5.26 Å². The monoisotopic (exact) mass is 526 g/mol. The number of hydrogen-bond acceptors (Lipinski definition) is 6. The number of amides is 2. The lowest BCUT2D eigenvalue weighted by atomic mass is 10.0. The van der Waals surface area contributed by atoms with Crippen molar-refractivity contribution < 1.29 is 19.1 Å². The van der Waals surface area contributed by atoms with E-state index in [0.29, 0.717) is 27.8 Å². The normalized spacial score (nSPS) is 10.4. The van der Waals surface area contributed by atoms with Gasteiger partial charge in [0.2, 0.25) is 0 Å². The molecule has 0 aliphatic rings. The van der Waals surface area contributed by atoms with E-state index in [1.807, 2.05) is 60.7 Å². The highest BCUT2D eigenvalue weighted by Crippen LogP contribution is 2.26. The summed E-state index contributed by atoms with van der Waals surface area (Å²) >= 11 is 0. The van der Waals surface area contributed by atoms with Crippen molar-refractivity contribution in [2.24, 2.45) is 0 Å². The Morgan fingerprint density at radius 1 is 0.750 bits per heavy atom. The summed E-state index contributed by atoms with van der Waals surface area (Å²) in [5, 5.41) is 15.2. The van der Waals surface area contributed by atoms with Crippen LogP contribution in [0, 0.1) is 11.3 Å². The molecule has 1 heterocycles. The first-order valence-electron chi connectivity index (χ1n) is 12.3. The van der Waals surface area contributed by atoms with Gasteiger partial charge in [0, 0.05) is 10.9 Å². The predicted molar refractivity (Wildman–Crippen MR) is 152 cm³/mol. The summed E-state index contributed by atoms with van der Waals surface area (Å²) in [6.07, 6.45) is 0. The van der Waals surface area contributed by atoms with Crippen LogP contribution in [0.1, 0.15) is 26.3 Å². The fraction of sp³-hybridized carbons (Fsp3) is 0.0312. The molecule has 0 radical (unpaired) electrons. The number of benzene rings is 4. The summed E-state index contributed by atoms with van der Waals surface area (Å²) in [6, 6.07) is 33.5. The van der Waals surface area contributed by atoms with Gasteiger partial charge in [-0.3, -0.25) is 9.59 Å². The number of fused-ring (bicyclic) bond motifs is 1. The zero-order valence-corrected chi connectivity index (χ0v) is 21.1. The lowest BCUT2D eigenvalue weighted by Crippen LogP contribution is -2.22. The number of anilines is 2. The predicted octanol–water partition coefficient (Wildman–Crippen LogP) is 5.82. The van der Waals surface area contributed by atoms with Gasteiger partial charge in [-0.15, -0.1) is 0 Å². The molecule has 0 atom stereocenters. The summed E-state index contributed by atoms with van der Waals surface area (Å²) in [4.78, 5) is 43.5. The van der Waals surface area contributed by atoms with Crippen molar-refractivity contribution in [3.8, 4) is 17.3 Å². The molecule has 0 fully saturated rings. The molecule has 5 aromatic rings. The lowest BCUT2D eigenvalue weighted by molar-refractivity contribution is -0.119. The molecular weight excluding hydrogens is 504 g/mol. The minimum Gasteiger partial charge on any atom is -0.452 e. The minimum atomic E-state index is -0.788. The molecule has 5 rings (SSSR count). The third-order valence-corrected chi connectivity index (χ3v) is 6.08. The number of ether oxygens (including phenoxy) is 1. The van der Waals surface area contributed by atoms with Crippen molar-refractivity contribution in [3.63, 3.8) is 0 Å². The Morgan fingerprint density at radius 2 is 1.43 bits per heavy atom. The average molecular weight is 527 g/mol. The van der Waals surface area contributed by atoms with E-state index < -0.39 is 24.4 Å². The number of esters is 1. The van der Waals surface area contributed by atoms with Gasteiger partial charge in [0.1, 0.15) is 6.07 Å². The van der Waals surface area contributed by atoms with Gasteiger partial charge in [-0.25, -0.2) is 9.78 Å². The molecule has 0 aliphatic heterocycles. The molecule has 0 saturated heterocycles. The number of nitriles is 1. The highest BCUT2D eigenvalue weighted by atomic mass is 16.5. The van der Waals surface area contributed by atoms with Gasteiger partial charge in [0.25, 0.3) is 11.8 Å². The summed E-state index contributed by atoms with van der Waals surface area (Å²) in [6.45, 7) is -0.573. The first kappa shape index (κ1) is 25.8. The zero-order chi connectivity index (χ0) is 27.9. The van der Waals surface area contributed by atoms with Crippen molar-refractivity contribution in [2.75, 3.05) is 17.2 Å². The standard InChI is InChI=1S/C32H22N4O4/c33-19-22-12-4-7-15-26(22)35-30(37)20-40-32(39)24-14-6-9-17-28(24)36-31(38)25-18-29(21-10-2-1-3-11-21)34-27-16-8-5-13-23(25)27/h1-18H,20H2,(H,35,37)(H,36,38). The van der Waals surface area contributed by atoms with Crippen LogP contribution in [-0.2, 0) is 9.53 Å². The molecule has 8 nitrogen and oxygen atoms in total. The number of carbonyl (C=O) groups excluding carboxylic acids is 3. The van der Waals surface area contributed by atoms with E-state index >= 15 is 0 Å². The number of para-hydroxylation sites is 3. The van der Waals surface area contributed by atoms with E-state index in [1.54, 1.807) is 48.5 Å². The molecule has 0 spiro atoms. The van der Waals surface area contributed by atoms with Crippen molar-refractivity contribution in [2.45, 2.75) is 0 Å². The quantitative estimate of drug-likeness (QED) is 0.258. The second-order valence-corrected chi connectivity index (χ2v) is 8.72. The number of nitrogens with zero attached hydrogens (tertiary/aromatic N) is 2. The van der Waals surface area contributed by atoms with Crippen LogP contribution in [0.4, 0.5) is 11.4 Å². The smallest absolute Gasteiger partial charge is 0.340 e. The van der Waals surface area contributed by atoms with Gasteiger partial charge < -0.3 is 15.4 Å². The van der Waals surface area contributed by atoms with Gasteiger partial charge in [0.05, 0.1) is 39.3 Å². The van der Waals surface area contributed by atoms with Gasteiger partial charge >= 0.3 is 5.97 Å². The first-order chi connectivity index (χ1) is 19.5. The first-order valence-corrected chi connectivity index (χ1v) is 12.3. The van der Waals surface area contributed by atoms with E-state index in [-0.39, 0.29) is 16.8 Å². The highest BCUT2D eigenvalue weighted by molar-refractivity contribution is 6.14. The van der Waals surface area contributed by atoms with Gasteiger partial charge in [-0.05, 0) is 36.4 Å². The molecule has 1 aromatic heterocycles. The Morgan fingerprint density at radius 3 is 2.23 bits per heavy atom. The fourth-order valence-electron chi connectivity index (χ4n) is 4.16. The molecule has 194 valence electrons. The zero-order valence-electron chi connectivity index (χ0n) is 21.1. The van der Waals surface area contributed by atoms with Crippen LogP contribution >= 0.6 is 0 Å². The van der Waals surface area contributed by atoms with Crippen LogP contribution < -0.4 is 10.6 Å². The van der Waals surface area contributed by atoms with Crippen LogP contribution in [-0.4, -0.2) is 29.4 Å². The topological polar surface area (TPSA) is 121 Å². The highest BCUT2D eigenvalue weighted by Gasteiger charge is 2.19. The maximum atomic E-state index is 13.5. The summed E-state index contributed by atoms with van der Waals surface area (Å²) in [5.41, 5.74) is 3.47. The molecular formula is C32H22N4O4. The summed E-state index contributed by atoms with van der Waals surface area (Å²) < 4.78 is 5.22. The van der Waals surface area contributed by atoms with Crippen LogP contribution in [0.3, 0.4) is 0 Å². The molecule has 0 unspecified atom stereocenters. The number of rotatable bonds is 7. The van der Waals surface area contributed by atoms with E-state index in [2.05, 4.69) is 10.6 Å². The molecule has 0 saturated carbocycles. The number of carbonyl (C=O) groups is 3. The molecule has 0 aliphatic carbocycles. The third kappa shape index (κ3) is 5.69. The van der Waals surface area contributed by atoms with Crippen molar-refractivity contribution in [1.29, 1.82) is 5.26 Å². The van der Waals surface area contributed by atoms with E-state index in [1.165, 1.54) is 6.07 Å². The van der Waals surface area contributed by atoms with Gasteiger partial charge in [-0.1, -0.05) is 72.8 Å². The molecule has 2 amide bonds. The van der Waals surface area contributed by atoms with Gasteiger partial charge in [0.15, 0.2) is 6.61 Å². The molecule has 4 aromatic carbocycles. The van der Waals surface area contributed by atoms with E-state index in [9.17, 15) is 19.6 Å². The Labute approximate surface area is 229 Å². The summed E-state index contributed by atoms with van der Waals surface area (Å²) in [7, 11) is 0. The van der Waals surface area contributed by atoms with Crippen LogP contribution in [0.2, 0.25) is 0 Å². The second kappa shape index (κ2) is 11.7. The van der Waals surface area contributed by atoms with Crippen LogP contribution in [0.15, 0.2) is 109 Å². The number of nitrogens with one attached hydrogen (secondary N) is 2. The third-order valence-electron chi connectivity index (χ3n) is 6.08. The Bertz CT molecular complexity index is 1780. The Balaban J connectivity index is 1.35. The van der Waals surface area contributed by atoms with Crippen molar-refractivity contribution >= 4 is 40.1 Å². The maximum Gasteiger partial charge on any atom is 0.340 e. The molecule has 40 heavy (non-hydrogen) atoms. The van der Waals surface area contributed by atoms with E-state index in [0.717, 1.165) is 5.56 Å². The fourth-order valence-corrected chi connectivity index (χ4v) is 4.16. The maximum absolute atomic E-state index is 13.5. The number of pyridine rings is 1. The van der Waals surface area contributed by atoms with E-state index in [4.69, 9.17) is 9.72 Å². The molecule has 2 N–H and O–H groups in total. The molecule has 0 bridgehead atoms. The molecule has 8 heteroatoms. The Hall–Kier alpha value is -5.81. The largest absolute Gasteiger partial charge is 0.452 e. The summed E-state index contributed by atoms with van der Waals surface area (Å²) in [5.74, 6) is -1.82. The average Bonchev–Trinajstić information content (AvgIpc) is 3.00. The second-order valence-electron chi connectivity index (χ2n) is 8.72. The van der Waals surface area contributed by atoms with Crippen molar-refractivity contribution in [1.82, 2.24) is 4.98 Å². The SMILES string of the molecule is N#Cc1ccccc1NC(=O)COC(=O)c1ccccc1NC(=O)c1cc(-c2ccccc2)nc2ccccc12. The minimum absolute atomic E-state index is 0.0859. The van der Waals surface area contributed by atoms with Crippen molar-refractivity contribution in [3.05, 3.63) is 126 Å². The Kier molecular flexibility index (Phi) is 7.56. The number of hydrogen-bond donors (Lipinski definition) is 2. The van der Waals surface area contributed by atoms with Crippen LogP contribution in [0.5, 0.6) is 0 Å². The number of aromatic nitrogens is 1.